The fraction of sp³-hybridized carbons (Fsp3) is 0.0769. The quantitative estimate of drug-likeness (QED) is 0.307. The first kappa shape index (κ1) is 19.6. The second kappa shape index (κ2) is 8.81. The maximum absolute atomic E-state index is 5.95. The number of para-hydroxylation sites is 1. The van der Waals surface area contributed by atoms with Gasteiger partial charge in [0.15, 0.2) is 5.58 Å². The first-order chi connectivity index (χ1) is 15.8. The first-order valence-electron chi connectivity index (χ1n) is 10.1. The summed E-state index contributed by atoms with van der Waals surface area (Å²) in [6.07, 6.45) is 1.67. The highest BCUT2D eigenvalue weighted by atomic mass is 16.5. The third kappa shape index (κ3) is 4.39. The van der Waals surface area contributed by atoms with E-state index >= 15 is 0 Å². The summed E-state index contributed by atoms with van der Waals surface area (Å²) < 4.78 is 22.9. The molecule has 3 aromatic carbocycles. The molecule has 6 nitrogen and oxygen atoms in total. The molecule has 0 saturated carbocycles. The molecule has 2 heterocycles. The van der Waals surface area contributed by atoms with Crippen molar-refractivity contribution in [2.24, 2.45) is 0 Å². The minimum atomic E-state index is 0.346. The number of pyridine rings is 1. The molecule has 0 unspecified atom stereocenters. The number of nitrogens with zero attached hydrogens (tertiary/aromatic N) is 2. The number of methoxy groups -OCH3 is 1. The number of hydrogen-bond acceptors (Lipinski definition) is 6. The van der Waals surface area contributed by atoms with Crippen LogP contribution in [0.2, 0.25) is 0 Å². The number of ether oxygens (including phenoxy) is 3. The van der Waals surface area contributed by atoms with Gasteiger partial charge in [0.2, 0.25) is 5.89 Å². The van der Waals surface area contributed by atoms with Crippen LogP contribution in [0.25, 0.3) is 22.6 Å². The van der Waals surface area contributed by atoms with Crippen LogP contribution < -0.4 is 14.2 Å². The molecule has 5 rings (SSSR count). The molecule has 0 radical (unpaired) electrons. The van der Waals surface area contributed by atoms with Crippen molar-refractivity contribution in [2.45, 2.75) is 6.61 Å². The molecular formula is C26H20N2O4. The fourth-order valence-electron chi connectivity index (χ4n) is 3.21. The van der Waals surface area contributed by atoms with E-state index in [1.807, 2.05) is 84.9 Å². The number of fused-ring (bicyclic) bond motifs is 1. The van der Waals surface area contributed by atoms with Crippen molar-refractivity contribution in [3.05, 3.63) is 96.8 Å². The standard InChI is InChI=1S/C26H20N2O4/c1-29-23-11-10-19(27-16-23)17-30-21-12-13-25-24(15-21)28-26(32-25)18-6-5-9-22(14-18)31-20-7-3-2-4-8-20/h2-16H,17H2,1H3. The highest BCUT2D eigenvalue weighted by Crippen LogP contribution is 2.30. The van der Waals surface area contributed by atoms with Gasteiger partial charge in [-0.1, -0.05) is 24.3 Å². The van der Waals surface area contributed by atoms with E-state index in [2.05, 4.69) is 9.97 Å². The molecule has 0 bridgehead atoms. The van der Waals surface area contributed by atoms with Crippen LogP contribution >= 0.6 is 0 Å². The van der Waals surface area contributed by atoms with Gasteiger partial charge in [0.05, 0.1) is 19.0 Å². The zero-order chi connectivity index (χ0) is 21.8. The number of hydrogen-bond donors (Lipinski definition) is 0. The third-order valence-electron chi connectivity index (χ3n) is 4.84. The summed E-state index contributed by atoms with van der Waals surface area (Å²) in [5.41, 5.74) is 3.04. The zero-order valence-electron chi connectivity index (χ0n) is 17.4. The number of oxazole rings is 1. The Hall–Kier alpha value is -4.32. The molecule has 5 aromatic rings. The van der Waals surface area contributed by atoms with E-state index in [0.29, 0.717) is 35.3 Å². The summed E-state index contributed by atoms with van der Waals surface area (Å²) in [4.78, 5) is 8.95. The van der Waals surface area contributed by atoms with Crippen LogP contribution in [0.3, 0.4) is 0 Å². The fourth-order valence-corrected chi connectivity index (χ4v) is 3.21. The van der Waals surface area contributed by atoms with Crippen LogP contribution in [0.15, 0.2) is 95.5 Å². The second-order valence-corrected chi connectivity index (χ2v) is 7.07. The summed E-state index contributed by atoms with van der Waals surface area (Å²) in [6, 6.07) is 26.6. The zero-order valence-corrected chi connectivity index (χ0v) is 17.4. The van der Waals surface area contributed by atoms with Crippen LogP contribution in [0.4, 0.5) is 0 Å². The molecule has 0 atom stereocenters. The van der Waals surface area contributed by atoms with Crippen LogP contribution in [0.5, 0.6) is 23.0 Å². The molecule has 0 N–H and O–H groups in total. The molecule has 0 saturated heterocycles. The van der Waals surface area contributed by atoms with E-state index in [9.17, 15) is 0 Å². The van der Waals surface area contributed by atoms with E-state index in [1.165, 1.54) is 0 Å². The van der Waals surface area contributed by atoms with Crippen molar-refractivity contribution in [3.8, 4) is 34.5 Å². The van der Waals surface area contributed by atoms with Gasteiger partial charge in [0.1, 0.15) is 35.1 Å². The van der Waals surface area contributed by atoms with E-state index in [-0.39, 0.29) is 0 Å². The topological polar surface area (TPSA) is 66.6 Å². The van der Waals surface area contributed by atoms with Crippen molar-refractivity contribution in [1.82, 2.24) is 9.97 Å². The summed E-state index contributed by atoms with van der Waals surface area (Å²) in [5, 5.41) is 0. The van der Waals surface area contributed by atoms with E-state index in [4.69, 9.17) is 18.6 Å². The van der Waals surface area contributed by atoms with E-state index < -0.39 is 0 Å². The molecule has 158 valence electrons. The molecule has 0 aliphatic heterocycles. The smallest absolute Gasteiger partial charge is 0.227 e. The van der Waals surface area contributed by atoms with Gasteiger partial charge in [-0.2, -0.15) is 0 Å². The predicted molar refractivity (Wildman–Crippen MR) is 121 cm³/mol. The minimum absolute atomic E-state index is 0.346. The Balaban J connectivity index is 1.33. The monoisotopic (exact) mass is 424 g/mol. The first-order valence-corrected chi connectivity index (χ1v) is 10.1. The van der Waals surface area contributed by atoms with E-state index in [1.54, 1.807) is 13.3 Å². The van der Waals surface area contributed by atoms with Gasteiger partial charge in [-0.15, -0.1) is 0 Å². The maximum Gasteiger partial charge on any atom is 0.227 e. The Kier molecular flexibility index (Phi) is 5.41. The van der Waals surface area contributed by atoms with Gasteiger partial charge >= 0.3 is 0 Å². The third-order valence-corrected chi connectivity index (χ3v) is 4.84. The average molecular weight is 424 g/mol. The molecule has 0 aliphatic carbocycles. The van der Waals surface area contributed by atoms with Crippen molar-refractivity contribution in [2.75, 3.05) is 7.11 Å². The minimum Gasteiger partial charge on any atom is -0.495 e. The Morgan fingerprint density at radius 1 is 0.781 bits per heavy atom. The highest BCUT2D eigenvalue weighted by Gasteiger charge is 2.11. The molecule has 0 amide bonds. The van der Waals surface area contributed by atoms with Gasteiger partial charge in [-0.25, -0.2) is 4.98 Å². The van der Waals surface area contributed by atoms with Crippen LogP contribution in [-0.4, -0.2) is 17.1 Å². The SMILES string of the molecule is COc1ccc(COc2ccc3oc(-c4cccc(Oc5ccccc5)c4)nc3c2)nc1. The average Bonchev–Trinajstić information content (AvgIpc) is 3.27. The molecule has 0 aliphatic rings. The Labute approximate surface area is 185 Å². The lowest BCUT2D eigenvalue weighted by Gasteiger charge is -2.06. The lowest BCUT2D eigenvalue weighted by atomic mass is 10.2. The summed E-state index contributed by atoms with van der Waals surface area (Å²) in [5.74, 6) is 3.41. The molecule has 32 heavy (non-hydrogen) atoms. The van der Waals surface area contributed by atoms with Gasteiger partial charge in [-0.3, -0.25) is 4.98 Å². The molecule has 0 spiro atoms. The molecular weight excluding hydrogens is 404 g/mol. The van der Waals surface area contributed by atoms with Crippen LogP contribution in [0, 0.1) is 0 Å². The Bertz CT molecular complexity index is 1330. The highest BCUT2D eigenvalue weighted by molar-refractivity contribution is 5.78. The van der Waals surface area contributed by atoms with Crippen LogP contribution in [-0.2, 0) is 6.61 Å². The number of rotatable bonds is 7. The lowest BCUT2D eigenvalue weighted by Crippen LogP contribution is -1.98. The lowest BCUT2D eigenvalue weighted by molar-refractivity contribution is 0.301. The summed E-state index contributed by atoms with van der Waals surface area (Å²) in [7, 11) is 1.61. The summed E-state index contributed by atoms with van der Waals surface area (Å²) >= 11 is 0. The van der Waals surface area contributed by atoms with E-state index in [0.717, 1.165) is 22.5 Å². The van der Waals surface area contributed by atoms with Crippen molar-refractivity contribution >= 4 is 11.1 Å². The molecule has 0 fully saturated rings. The van der Waals surface area contributed by atoms with Crippen LogP contribution in [0.1, 0.15) is 5.69 Å². The predicted octanol–water partition coefficient (Wildman–Crippen LogP) is 6.27. The van der Waals surface area contributed by atoms with Gasteiger partial charge in [0, 0.05) is 11.6 Å². The van der Waals surface area contributed by atoms with Gasteiger partial charge in [0.25, 0.3) is 0 Å². The molecule has 2 aromatic heterocycles. The van der Waals surface area contributed by atoms with Gasteiger partial charge in [-0.05, 0) is 54.6 Å². The van der Waals surface area contributed by atoms with Crippen molar-refractivity contribution in [1.29, 1.82) is 0 Å². The van der Waals surface area contributed by atoms with Gasteiger partial charge < -0.3 is 18.6 Å². The Morgan fingerprint density at radius 2 is 1.62 bits per heavy atom. The Morgan fingerprint density at radius 3 is 2.44 bits per heavy atom. The second-order valence-electron chi connectivity index (χ2n) is 7.07. The maximum atomic E-state index is 5.95. The number of aromatic nitrogens is 2. The van der Waals surface area contributed by atoms with Crippen molar-refractivity contribution < 1.29 is 18.6 Å². The molecule has 6 heteroatoms. The number of benzene rings is 3. The summed E-state index contributed by atoms with van der Waals surface area (Å²) in [6.45, 7) is 0.346. The normalized spacial score (nSPS) is 10.8. The largest absolute Gasteiger partial charge is 0.495 e. The van der Waals surface area contributed by atoms with Crippen molar-refractivity contribution in [3.63, 3.8) is 0 Å².